The lowest BCUT2D eigenvalue weighted by Gasteiger charge is -2.38. The third-order valence-corrected chi connectivity index (χ3v) is 6.98. The molecule has 0 spiro atoms. The Balaban J connectivity index is 1.72. The Morgan fingerprint density at radius 3 is 2.39 bits per heavy atom. The van der Waals surface area contributed by atoms with Gasteiger partial charge >= 0.3 is 0 Å². The van der Waals surface area contributed by atoms with E-state index in [4.69, 9.17) is 0 Å². The van der Waals surface area contributed by atoms with E-state index in [9.17, 15) is 17.6 Å². The first kappa shape index (κ1) is 16.1. The first-order valence-electron chi connectivity index (χ1n) is 7.02. The number of likely N-dealkylation sites (tertiary alicyclic amines) is 1. The molecule has 0 radical (unpaired) electrons. The van der Waals surface area contributed by atoms with Crippen LogP contribution in [0.15, 0.2) is 29.2 Å². The number of halogens is 1. The normalized spacial score (nSPS) is 15.5. The van der Waals surface area contributed by atoms with E-state index in [1.54, 1.807) is 6.92 Å². The average molecular weight is 354 g/mol. The van der Waals surface area contributed by atoms with Crippen molar-refractivity contribution in [2.45, 2.75) is 24.0 Å². The van der Waals surface area contributed by atoms with Crippen molar-refractivity contribution in [3.8, 4) is 0 Å². The fourth-order valence-corrected chi connectivity index (χ4v) is 5.03. The van der Waals surface area contributed by atoms with Gasteiger partial charge in [-0.3, -0.25) is 4.79 Å². The van der Waals surface area contributed by atoms with Gasteiger partial charge in [-0.2, -0.15) is 0 Å². The van der Waals surface area contributed by atoms with Crippen molar-refractivity contribution in [2.75, 3.05) is 13.1 Å². The largest absolute Gasteiger partial charge is 0.335 e. The van der Waals surface area contributed by atoms with Crippen LogP contribution in [0.25, 0.3) is 0 Å². The van der Waals surface area contributed by atoms with E-state index in [1.807, 2.05) is 6.92 Å². The van der Waals surface area contributed by atoms with Crippen LogP contribution in [0.4, 0.5) is 4.39 Å². The highest BCUT2D eigenvalue weighted by Gasteiger charge is 2.41. The molecule has 1 amide bonds. The summed E-state index contributed by atoms with van der Waals surface area (Å²) in [5.41, 5.74) is 0.669. The number of nitrogens with zero attached hydrogens (tertiary/aromatic N) is 2. The Hall–Kier alpha value is -1.80. The van der Waals surface area contributed by atoms with Gasteiger partial charge in [0.25, 0.3) is 5.91 Å². The molecule has 122 valence electrons. The summed E-state index contributed by atoms with van der Waals surface area (Å²) in [7, 11) is -3.55. The number of aromatic nitrogens is 1. The first-order chi connectivity index (χ1) is 10.8. The van der Waals surface area contributed by atoms with Crippen molar-refractivity contribution in [3.63, 3.8) is 0 Å². The van der Waals surface area contributed by atoms with Crippen molar-refractivity contribution in [1.82, 2.24) is 9.88 Å². The Labute approximate surface area is 137 Å². The number of thiazole rings is 1. The molecule has 0 atom stereocenters. The Kier molecular flexibility index (Phi) is 3.97. The summed E-state index contributed by atoms with van der Waals surface area (Å²) >= 11 is 1.31. The zero-order valence-electron chi connectivity index (χ0n) is 12.6. The molecule has 1 aliphatic rings. The minimum Gasteiger partial charge on any atom is -0.335 e. The molecule has 8 heteroatoms. The van der Waals surface area contributed by atoms with Gasteiger partial charge in [-0.05, 0) is 38.1 Å². The summed E-state index contributed by atoms with van der Waals surface area (Å²) in [5, 5.41) is 0.160. The third-order valence-electron chi connectivity index (χ3n) is 3.81. The summed E-state index contributed by atoms with van der Waals surface area (Å²) < 4.78 is 37.8. The number of aryl methyl sites for hydroxylation is 2. The quantitative estimate of drug-likeness (QED) is 0.793. The Morgan fingerprint density at radius 1 is 1.26 bits per heavy atom. The molecule has 1 aliphatic heterocycles. The van der Waals surface area contributed by atoms with E-state index in [0.717, 1.165) is 17.1 Å². The average Bonchev–Trinajstić information content (AvgIpc) is 2.76. The van der Waals surface area contributed by atoms with Crippen molar-refractivity contribution < 1.29 is 17.6 Å². The van der Waals surface area contributed by atoms with Crippen molar-refractivity contribution >= 4 is 27.1 Å². The predicted octanol–water partition coefficient (Wildman–Crippen LogP) is 2.20. The second-order valence-corrected chi connectivity index (χ2v) is 8.91. The van der Waals surface area contributed by atoms with Gasteiger partial charge in [-0.15, -0.1) is 11.3 Å². The SMILES string of the molecule is Cc1nc(C)c(C(=O)N2CC(S(=O)(=O)c3ccc(F)cc3)C2)s1. The van der Waals surface area contributed by atoms with Crippen molar-refractivity contribution in [1.29, 1.82) is 0 Å². The number of sulfone groups is 1. The van der Waals surface area contributed by atoms with Crippen LogP contribution < -0.4 is 0 Å². The van der Waals surface area contributed by atoms with E-state index in [2.05, 4.69) is 4.98 Å². The maximum Gasteiger partial charge on any atom is 0.265 e. The fourth-order valence-electron chi connectivity index (χ4n) is 2.49. The summed E-state index contributed by atoms with van der Waals surface area (Å²) in [6, 6.07) is 4.76. The van der Waals surface area contributed by atoms with Crippen LogP contribution in [0.3, 0.4) is 0 Å². The van der Waals surface area contributed by atoms with E-state index in [-0.39, 0.29) is 23.9 Å². The van der Waals surface area contributed by atoms with Gasteiger partial charge in [-0.25, -0.2) is 17.8 Å². The second kappa shape index (κ2) is 5.68. The first-order valence-corrected chi connectivity index (χ1v) is 9.38. The number of rotatable bonds is 3. The van der Waals surface area contributed by atoms with Crippen LogP contribution in [0.1, 0.15) is 20.4 Å². The molecule has 0 N–H and O–H groups in total. The van der Waals surface area contributed by atoms with E-state index >= 15 is 0 Å². The Bertz CT molecular complexity index is 853. The standard InChI is InChI=1S/C15H15FN2O3S2/c1-9-14(22-10(2)17-9)15(19)18-7-13(8-18)23(20,21)12-5-3-11(16)4-6-12/h3-6,13H,7-8H2,1-2H3. The van der Waals surface area contributed by atoms with Gasteiger partial charge in [0, 0.05) is 13.1 Å². The zero-order chi connectivity index (χ0) is 16.8. The van der Waals surface area contributed by atoms with Gasteiger partial charge < -0.3 is 4.90 Å². The van der Waals surface area contributed by atoms with Crippen LogP contribution in [-0.2, 0) is 9.84 Å². The number of carbonyl (C=O) groups is 1. The van der Waals surface area contributed by atoms with E-state index in [1.165, 1.54) is 28.4 Å². The summed E-state index contributed by atoms with van der Waals surface area (Å²) in [5.74, 6) is -0.663. The maximum atomic E-state index is 12.9. The predicted molar refractivity (Wildman–Crippen MR) is 84.9 cm³/mol. The smallest absolute Gasteiger partial charge is 0.265 e. The van der Waals surface area contributed by atoms with Crippen molar-refractivity contribution in [3.05, 3.63) is 45.7 Å². The molecule has 0 saturated carbocycles. The number of hydrogen-bond donors (Lipinski definition) is 0. The van der Waals surface area contributed by atoms with Gasteiger partial charge in [-0.1, -0.05) is 0 Å². The summed E-state index contributed by atoms with van der Waals surface area (Å²) in [6.07, 6.45) is 0. The highest BCUT2D eigenvalue weighted by molar-refractivity contribution is 7.92. The lowest BCUT2D eigenvalue weighted by atomic mass is 10.2. The van der Waals surface area contributed by atoms with Crippen molar-refractivity contribution in [2.24, 2.45) is 0 Å². The summed E-state index contributed by atoms with van der Waals surface area (Å²) in [6.45, 7) is 3.89. The molecule has 1 saturated heterocycles. The highest BCUT2D eigenvalue weighted by atomic mass is 32.2. The lowest BCUT2D eigenvalue weighted by Crippen LogP contribution is -2.56. The van der Waals surface area contributed by atoms with Gasteiger partial charge in [0.2, 0.25) is 0 Å². The van der Waals surface area contributed by atoms with Crippen LogP contribution in [-0.4, -0.2) is 42.5 Å². The number of benzene rings is 1. The van der Waals surface area contributed by atoms with Gasteiger partial charge in [0.05, 0.1) is 15.6 Å². The number of amides is 1. The summed E-state index contributed by atoms with van der Waals surface area (Å²) in [4.78, 5) is 18.7. The topological polar surface area (TPSA) is 67.3 Å². The highest BCUT2D eigenvalue weighted by Crippen LogP contribution is 2.27. The lowest BCUT2D eigenvalue weighted by molar-refractivity contribution is 0.0663. The monoisotopic (exact) mass is 354 g/mol. The van der Waals surface area contributed by atoms with Crippen LogP contribution >= 0.6 is 11.3 Å². The minimum atomic E-state index is -3.55. The van der Waals surface area contributed by atoms with E-state index < -0.39 is 20.9 Å². The fraction of sp³-hybridized carbons (Fsp3) is 0.333. The molecule has 3 rings (SSSR count). The van der Waals surface area contributed by atoms with Crippen LogP contribution in [0.2, 0.25) is 0 Å². The molecule has 2 heterocycles. The van der Waals surface area contributed by atoms with E-state index in [0.29, 0.717) is 10.6 Å². The molecule has 2 aromatic rings. The number of carbonyl (C=O) groups excluding carboxylic acids is 1. The molecule has 1 fully saturated rings. The molecule has 0 unspecified atom stereocenters. The Morgan fingerprint density at radius 2 is 1.87 bits per heavy atom. The second-order valence-electron chi connectivity index (χ2n) is 5.48. The molecule has 5 nitrogen and oxygen atoms in total. The third kappa shape index (κ3) is 2.88. The molecule has 1 aromatic carbocycles. The molecule has 0 bridgehead atoms. The van der Waals surface area contributed by atoms with Crippen LogP contribution in [0.5, 0.6) is 0 Å². The molecule has 1 aromatic heterocycles. The molecule has 0 aliphatic carbocycles. The molecular weight excluding hydrogens is 339 g/mol. The molecule has 23 heavy (non-hydrogen) atoms. The molecular formula is C15H15FN2O3S2. The minimum absolute atomic E-state index is 0.0841. The van der Waals surface area contributed by atoms with Gasteiger partial charge in [0.15, 0.2) is 9.84 Å². The van der Waals surface area contributed by atoms with Crippen LogP contribution in [0, 0.1) is 19.7 Å². The maximum absolute atomic E-state index is 12.9. The number of hydrogen-bond acceptors (Lipinski definition) is 5. The van der Waals surface area contributed by atoms with Gasteiger partial charge in [0.1, 0.15) is 15.9 Å². The zero-order valence-corrected chi connectivity index (χ0v) is 14.2.